The van der Waals surface area contributed by atoms with Crippen LogP contribution in [0.4, 0.5) is 0 Å². The first-order valence-electron chi connectivity index (χ1n) is 4.09. The summed E-state index contributed by atoms with van der Waals surface area (Å²) in [7, 11) is 0. The Kier molecular flexibility index (Phi) is 1.94. The quantitative estimate of drug-likeness (QED) is 0.742. The fourth-order valence-electron chi connectivity index (χ4n) is 1.32. The Labute approximate surface area is 76.8 Å². The van der Waals surface area contributed by atoms with Crippen LogP contribution in [0.25, 0.3) is 5.57 Å². The van der Waals surface area contributed by atoms with Crippen LogP contribution in [0.1, 0.15) is 5.56 Å². The minimum absolute atomic E-state index is 0.282. The molecule has 0 radical (unpaired) electrons. The number of ether oxygens (including phenoxy) is 2. The van der Waals surface area contributed by atoms with Gasteiger partial charge in [-0.2, -0.15) is 0 Å². The van der Waals surface area contributed by atoms with Gasteiger partial charge in [-0.05, 0) is 11.6 Å². The molecule has 0 aromatic heterocycles. The number of benzene rings is 1. The molecule has 3 nitrogen and oxygen atoms in total. The molecule has 0 saturated carbocycles. The summed E-state index contributed by atoms with van der Waals surface area (Å²) < 4.78 is 10.5. The lowest BCUT2D eigenvalue weighted by atomic mass is 10.1. The van der Waals surface area contributed by atoms with Crippen LogP contribution in [0, 0.1) is 0 Å². The van der Waals surface area contributed by atoms with Gasteiger partial charge in [0, 0.05) is 12.1 Å². The van der Waals surface area contributed by atoms with Crippen LogP contribution in [-0.4, -0.2) is 13.3 Å². The lowest BCUT2D eigenvalue weighted by molar-refractivity contribution is 0.173. The van der Waals surface area contributed by atoms with Gasteiger partial charge in [-0.1, -0.05) is 18.7 Å². The van der Waals surface area contributed by atoms with Crippen LogP contribution in [0.5, 0.6) is 11.5 Å². The molecule has 1 aromatic carbocycles. The van der Waals surface area contributed by atoms with E-state index in [2.05, 4.69) is 6.58 Å². The Hall–Kier alpha value is -1.48. The van der Waals surface area contributed by atoms with Crippen molar-refractivity contribution < 1.29 is 9.47 Å². The van der Waals surface area contributed by atoms with E-state index in [4.69, 9.17) is 15.2 Å². The molecule has 0 atom stereocenters. The SMILES string of the molecule is C=C(CN)c1cccc2c1OCO2. The Morgan fingerprint density at radius 3 is 3.08 bits per heavy atom. The first-order valence-corrected chi connectivity index (χ1v) is 4.09. The lowest BCUT2D eigenvalue weighted by Crippen LogP contribution is -2.02. The molecule has 13 heavy (non-hydrogen) atoms. The zero-order valence-corrected chi connectivity index (χ0v) is 7.25. The monoisotopic (exact) mass is 177 g/mol. The molecule has 0 amide bonds. The third-order valence-corrected chi connectivity index (χ3v) is 2.02. The Morgan fingerprint density at radius 1 is 1.46 bits per heavy atom. The van der Waals surface area contributed by atoms with Crippen LogP contribution in [0.15, 0.2) is 24.8 Å². The summed E-state index contributed by atoms with van der Waals surface area (Å²) in [4.78, 5) is 0. The molecule has 0 fully saturated rings. The average Bonchev–Trinajstić information content (AvgIpc) is 2.63. The third kappa shape index (κ3) is 1.27. The van der Waals surface area contributed by atoms with E-state index in [1.54, 1.807) is 0 Å². The first kappa shape index (κ1) is 8.13. The zero-order chi connectivity index (χ0) is 9.26. The molecule has 1 aliphatic heterocycles. The van der Waals surface area contributed by atoms with Gasteiger partial charge < -0.3 is 15.2 Å². The van der Waals surface area contributed by atoms with Crippen molar-refractivity contribution in [1.29, 1.82) is 0 Å². The average molecular weight is 177 g/mol. The maximum Gasteiger partial charge on any atom is 0.231 e. The highest BCUT2D eigenvalue weighted by Gasteiger charge is 2.17. The molecule has 0 spiro atoms. The molecule has 68 valence electrons. The summed E-state index contributed by atoms with van der Waals surface area (Å²) in [6.07, 6.45) is 0. The van der Waals surface area contributed by atoms with E-state index in [-0.39, 0.29) is 6.79 Å². The number of hydrogen-bond acceptors (Lipinski definition) is 3. The van der Waals surface area contributed by atoms with Gasteiger partial charge in [0.15, 0.2) is 11.5 Å². The summed E-state index contributed by atoms with van der Waals surface area (Å²) in [6.45, 7) is 4.57. The maximum absolute atomic E-state index is 5.50. The Bertz CT molecular complexity index is 347. The van der Waals surface area contributed by atoms with E-state index in [1.807, 2.05) is 18.2 Å². The number of nitrogens with two attached hydrogens (primary N) is 1. The molecule has 0 bridgehead atoms. The summed E-state index contributed by atoms with van der Waals surface area (Å²) in [5.41, 5.74) is 7.31. The van der Waals surface area contributed by atoms with Gasteiger partial charge in [0.25, 0.3) is 0 Å². The molecule has 2 N–H and O–H groups in total. The molecule has 0 saturated heterocycles. The van der Waals surface area contributed by atoms with E-state index in [0.29, 0.717) is 6.54 Å². The smallest absolute Gasteiger partial charge is 0.231 e. The number of fused-ring (bicyclic) bond motifs is 1. The van der Waals surface area contributed by atoms with Gasteiger partial charge in [-0.15, -0.1) is 0 Å². The summed E-state index contributed by atoms with van der Waals surface area (Å²) in [6, 6.07) is 5.71. The van der Waals surface area contributed by atoms with Crippen molar-refractivity contribution in [2.75, 3.05) is 13.3 Å². The molecular weight excluding hydrogens is 166 g/mol. The van der Waals surface area contributed by atoms with E-state index in [0.717, 1.165) is 22.6 Å². The van der Waals surface area contributed by atoms with Gasteiger partial charge in [0.05, 0.1) is 0 Å². The molecule has 1 aromatic rings. The van der Waals surface area contributed by atoms with Crippen LogP contribution < -0.4 is 15.2 Å². The topological polar surface area (TPSA) is 44.5 Å². The van der Waals surface area contributed by atoms with E-state index in [1.165, 1.54) is 0 Å². The van der Waals surface area contributed by atoms with Crippen LogP contribution in [-0.2, 0) is 0 Å². The predicted molar refractivity (Wildman–Crippen MR) is 50.7 cm³/mol. The van der Waals surface area contributed by atoms with Crippen LogP contribution in [0.2, 0.25) is 0 Å². The molecule has 0 aliphatic carbocycles. The Morgan fingerprint density at radius 2 is 2.31 bits per heavy atom. The molecule has 3 heteroatoms. The highest BCUT2D eigenvalue weighted by atomic mass is 16.7. The third-order valence-electron chi connectivity index (χ3n) is 2.02. The zero-order valence-electron chi connectivity index (χ0n) is 7.25. The van der Waals surface area contributed by atoms with Crippen LogP contribution >= 0.6 is 0 Å². The number of hydrogen-bond donors (Lipinski definition) is 1. The summed E-state index contributed by atoms with van der Waals surface area (Å²) in [5.74, 6) is 1.53. The summed E-state index contributed by atoms with van der Waals surface area (Å²) in [5, 5.41) is 0. The van der Waals surface area contributed by atoms with E-state index >= 15 is 0 Å². The second-order valence-corrected chi connectivity index (χ2v) is 2.85. The van der Waals surface area contributed by atoms with Crippen molar-refractivity contribution in [1.82, 2.24) is 0 Å². The van der Waals surface area contributed by atoms with Gasteiger partial charge in [-0.3, -0.25) is 0 Å². The highest BCUT2D eigenvalue weighted by Crippen LogP contribution is 2.37. The standard InChI is InChI=1S/C10H11NO2/c1-7(5-11)8-3-2-4-9-10(8)13-6-12-9/h2-4H,1,5-6,11H2. The van der Waals surface area contributed by atoms with Gasteiger partial charge in [0.1, 0.15) is 0 Å². The van der Waals surface area contributed by atoms with Gasteiger partial charge in [0.2, 0.25) is 6.79 Å². The Balaban J connectivity index is 2.47. The molecular formula is C10H11NO2. The van der Waals surface area contributed by atoms with Crippen molar-refractivity contribution in [2.24, 2.45) is 5.73 Å². The normalized spacial score (nSPS) is 13.0. The van der Waals surface area contributed by atoms with Crippen molar-refractivity contribution in [2.45, 2.75) is 0 Å². The van der Waals surface area contributed by atoms with Gasteiger partial charge in [-0.25, -0.2) is 0 Å². The molecule has 0 unspecified atom stereocenters. The van der Waals surface area contributed by atoms with Crippen molar-refractivity contribution in [3.05, 3.63) is 30.3 Å². The fraction of sp³-hybridized carbons (Fsp3) is 0.200. The summed E-state index contributed by atoms with van der Waals surface area (Å²) >= 11 is 0. The largest absolute Gasteiger partial charge is 0.454 e. The highest BCUT2D eigenvalue weighted by molar-refractivity contribution is 5.72. The minimum Gasteiger partial charge on any atom is -0.454 e. The van der Waals surface area contributed by atoms with Crippen molar-refractivity contribution in [3.63, 3.8) is 0 Å². The molecule has 2 rings (SSSR count). The van der Waals surface area contributed by atoms with Crippen molar-refractivity contribution in [3.8, 4) is 11.5 Å². The number of para-hydroxylation sites is 1. The second-order valence-electron chi connectivity index (χ2n) is 2.85. The predicted octanol–water partition coefficient (Wildman–Crippen LogP) is 1.39. The van der Waals surface area contributed by atoms with E-state index < -0.39 is 0 Å². The second kappa shape index (κ2) is 3.11. The maximum atomic E-state index is 5.50. The lowest BCUT2D eigenvalue weighted by Gasteiger charge is -2.05. The van der Waals surface area contributed by atoms with Crippen LogP contribution in [0.3, 0.4) is 0 Å². The van der Waals surface area contributed by atoms with Crippen molar-refractivity contribution >= 4 is 5.57 Å². The number of rotatable bonds is 2. The van der Waals surface area contributed by atoms with Gasteiger partial charge >= 0.3 is 0 Å². The minimum atomic E-state index is 0.282. The first-order chi connectivity index (χ1) is 6.33. The molecule has 1 heterocycles. The van der Waals surface area contributed by atoms with E-state index in [9.17, 15) is 0 Å². The fourth-order valence-corrected chi connectivity index (χ4v) is 1.32. The molecule has 1 aliphatic rings.